The molecule has 5 N–H and O–H groups in total. The van der Waals surface area contributed by atoms with Crippen molar-refractivity contribution in [2.45, 2.75) is 76.3 Å². The number of nitrogens with zero attached hydrogens (tertiary/aromatic N) is 1. The molecule has 1 aromatic heterocycles. The fourth-order valence-electron chi connectivity index (χ4n) is 3.85. The molecule has 38 heavy (non-hydrogen) atoms. The maximum absolute atomic E-state index is 12.2. The zero-order valence-electron chi connectivity index (χ0n) is 20.2. The van der Waals surface area contributed by atoms with Crippen LogP contribution in [0.25, 0.3) is 0 Å². The van der Waals surface area contributed by atoms with E-state index in [1.165, 1.54) is 20.0 Å². The number of aryl methyl sites for hydroxylation is 1. The molecule has 0 aliphatic carbocycles. The third-order valence-corrected chi connectivity index (χ3v) is 8.24. The molecule has 0 saturated carbocycles. The number of amides is 1. The van der Waals surface area contributed by atoms with Crippen LogP contribution in [0.5, 0.6) is 0 Å². The van der Waals surface area contributed by atoms with Gasteiger partial charge in [-0.05, 0) is 13.8 Å². The summed E-state index contributed by atoms with van der Waals surface area (Å²) in [7, 11) is -11.5. The number of carbonyl (C=O) groups is 1. The lowest BCUT2D eigenvalue weighted by Gasteiger charge is -2.43. The minimum absolute atomic E-state index is 0.172. The van der Waals surface area contributed by atoms with Gasteiger partial charge >= 0.3 is 5.69 Å². The number of phosphoric ester groups is 2. The van der Waals surface area contributed by atoms with Crippen molar-refractivity contribution in [3.63, 3.8) is 0 Å². The summed E-state index contributed by atoms with van der Waals surface area (Å²) in [6.07, 6.45) is -9.71. The number of aliphatic hydroxyl groups is 3. The number of aromatic amines is 1. The highest BCUT2D eigenvalue weighted by molar-refractivity contribution is 7.59. The van der Waals surface area contributed by atoms with E-state index in [4.69, 9.17) is 9.47 Å². The van der Waals surface area contributed by atoms with Gasteiger partial charge in [-0.3, -0.25) is 32.8 Å². The van der Waals surface area contributed by atoms with E-state index in [1.807, 2.05) is 0 Å². The summed E-state index contributed by atoms with van der Waals surface area (Å²) in [4.78, 5) is 61.1. The Morgan fingerprint density at radius 1 is 1.21 bits per heavy atom. The molecule has 0 radical (unpaired) electrons. The SMILES string of the molecule is CC(=O)N[C@@H]1[C@H](O)[C@@H](O)[C@@H](OP(=O)([O-])OP(=O)([O-])OC[C@H]2O[C@@H](n3cc(C)c(=O)[nH]c3=O)C[C@@H]2O)O[C@@H]1C. The number of carbonyl (C=O) groups excluding carboxylic acids is 1. The predicted octanol–water partition coefficient (Wildman–Crippen LogP) is -3.55. The Morgan fingerprint density at radius 2 is 1.87 bits per heavy atom. The van der Waals surface area contributed by atoms with Crippen molar-refractivity contribution < 1.29 is 61.9 Å². The van der Waals surface area contributed by atoms with Crippen LogP contribution in [0, 0.1) is 6.92 Å². The quantitative estimate of drug-likeness (QED) is 0.175. The van der Waals surface area contributed by atoms with Crippen LogP contribution in [-0.4, -0.2) is 80.2 Å². The molecule has 3 rings (SSSR count). The first kappa shape index (κ1) is 30.7. The topological polar surface area (TPSA) is 271 Å². The van der Waals surface area contributed by atoms with Crippen molar-refractivity contribution in [1.82, 2.24) is 14.9 Å². The van der Waals surface area contributed by atoms with E-state index in [9.17, 15) is 48.6 Å². The second-order valence-electron chi connectivity index (χ2n) is 8.71. The van der Waals surface area contributed by atoms with Gasteiger partial charge in [0, 0.05) is 25.1 Å². The molecule has 2 aliphatic heterocycles. The highest BCUT2D eigenvalue weighted by atomic mass is 31.3. The number of ether oxygens (including phenoxy) is 2. The zero-order valence-corrected chi connectivity index (χ0v) is 22.0. The summed E-state index contributed by atoms with van der Waals surface area (Å²) >= 11 is 0. The molecule has 1 aromatic rings. The minimum atomic E-state index is -5.79. The molecular formula is C18H27N3O15P2-2. The van der Waals surface area contributed by atoms with Crippen LogP contribution >= 0.6 is 15.6 Å². The number of phosphoric acid groups is 2. The lowest BCUT2D eigenvalue weighted by molar-refractivity contribution is -0.286. The Labute approximate surface area is 214 Å². The average molecular weight is 587 g/mol. The Balaban J connectivity index is 1.58. The van der Waals surface area contributed by atoms with E-state index < -0.39 is 88.5 Å². The van der Waals surface area contributed by atoms with Gasteiger partial charge in [0.15, 0.2) is 6.29 Å². The van der Waals surface area contributed by atoms with Crippen LogP contribution in [0.1, 0.15) is 32.1 Å². The number of rotatable bonds is 9. The second-order valence-corrected chi connectivity index (χ2v) is 11.6. The first-order valence-electron chi connectivity index (χ1n) is 11.1. The number of aliphatic hydroxyl groups excluding tert-OH is 3. The highest BCUT2D eigenvalue weighted by Gasteiger charge is 2.45. The Bertz CT molecular complexity index is 1240. The lowest BCUT2D eigenvalue weighted by atomic mass is 9.97. The first-order chi connectivity index (χ1) is 17.5. The van der Waals surface area contributed by atoms with Gasteiger partial charge in [0.05, 0.1) is 24.9 Å². The van der Waals surface area contributed by atoms with Crippen molar-refractivity contribution in [2.75, 3.05) is 6.61 Å². The fraction of sp³-hybridized carbons (Fsp3) is 0.722. The van der Waals surface area contributed by atoms with Crippen molar-refractivity contribution >= 4 is 21.6 Å². The van der Waals surface area contributed by atoms with Gasteiger partial charge in [-0.25, -0.2) is 9.11 Å². The molecule has 0 spiro atoms. The van der Waals surface area contributed by atoms with Crippen molar-refractivity contribution in [1.29, 1.82) is 0 Å². The highest BCUT2D eigenvalue weighted by Crippen LogP contribution is 2.57. The van der Waals surface area contributed by atoms with E-state index in [0.717, 1.165) is 11.5 Å². The molecule has 10 atom stereocenters. The molecule has 2 unspecified atom stereocenters. The number of nitrogens with one attached hydrogen (secondary N) is 2. The number of H-pyrrole nitrogens is 1. The summed E-state index contributed by atoms with van der Waals surface area (Å²) in [5.41, 5.74) is -1.29. The maximum Gasteiger partial charge on any atom is 0.330 e. The molecule has 216 valence electrons. The van der Waals surface area contributed by atoms with Gasteiger partial charge in [0.2, 0.25) is 5.91 Å². The first-order valence-corrected chi connectivity index (χ1v) is 14.0. The molecule has 0 bridgehead atoms. The van der Waals surface area contributed by atoms with E-state index in [-0.39, 0.29) is 12.0 Å². The van der Waals surface area contributed by atoms with Crippen LogP contribution in [0.3, 0.4) is 0 Å². The van der Waals surface area contributed by atoms with Gasteiger partial charge in [-0.2, -0.15) is 0 Å². The Hall–Kier alpha value is -1.79. The summed E-state index contributed by atoms with van der Waals surface area (Å²) < 4.78 is 48.7. The summed E-state index contributed by atoms with van der Waals surface area (Å²) in [6.45, 7) is 2.97. The van der Waals surface area contributed by atoms with Gasteiger partial charge in [0.1, 0.15) is 24.5 Å². The number of hydrogen-bond acceptors (Lipinski definition) is 15. The molecule has 3 heterocycles. The van der Waals surface area contributed by atoms with Crippen LogP contribution < -0.4 is 26.4 Å². The fourth-order valence-corrected chi connectivity index (χ4v) is 5.93. The number of aromatic nitrogens is 2. The molecule has 20 heteroatoms. The molecular weight excluding hydrogens is 560 g/mol. The molecule has 2 fully saturated rings. The van der Waals surface area contributed by atoms with Crippen LogP contribution in [0.2, 0.25) is 0 Å². The summed E-state index contributed by atoms with van der Waals surface area (Å²) in [5.74, 6) is -0.568. The van der Waals surface area contributed by atoms with Gasteiger partial charge in [-0.15, -0.1) is 0 Å². The smallest absolute Gasteiger partial charge is 0.330 e. The van der Waals surface area contributed by atoms with Crippen molar-refractivity contribution in [3.8, 4) is 0 Å². The third-order valence-electron chi connectivity index (χ3n) is 5.71. The molecule has 2 aliphatic rings. The Kier molecular flexibility index (Phi) is 9.51. The number of hydrogen-bond donors (Lipinski definition) is 5. The average Bonchev–Trinajstić information content (AvgIpc) is 3.15. The van der Waals surface area contributed by atoms with Crippen molar-refractivity contribution in [2.24, 2.45) is 0 Å². The summed E-state index contributed by atoms with van der Waals surface area (Å²) in [6, 6.07) is -1.12. The monoisotopic (exact) mass is 587 g/mol. The standard InChI is InChI=1S/C18H29N3O15P2/c1-7-5-21(18(27)20-16(7)26)12-4-10(23)11(34-12)6-32-37(28,29)36-38(30,31)35-17-15(25)14(24)13(8(2)33-17)19-9(3)22/h5,8,10-15,17,23-25H,4,6H2,1-3H3,(H,19,22)(H,28,29)(H,30,31)(H,20,26,27)/p-2/t8-,10+,11-,12-,13+,14+,15-,17-/m1/s1. The normalized spacial score (nSPS) is 34.8. The van der Waals surface area contributed by atoms with Gasteiger partial charge < -0.3 is 44.4 Å². The largest absolute Gasteiger partial charge is 0.756 e. The van der Waals surface area contributed by atoms with Gasteiger partial charge in [0.25, 0.3) is 21.2 Å². The van der Waals surface area contributed by atoms with Crippen LogP contribution in [-0.2, 0) is 36.8 Å². The van der Waals surface area contributed by atoms with E-state index in [2.05, 4.69) is 23.7 Å². The molecule has 0 aromatic carbocycles. The summed E-state index contributed by atoms with van der Waals surface area (Å²) in [5, 5.41) is 32.8. The zero-order chi connectivity index (χ0) is 28.6. The predicted molar refractivity (Wildman–Crippen MR) is 118 cm³/mol. The van der Waals surface area contributed by atoms with Crippen molar-refractivity contribution in [3.05, 3.63) is 32.6 Å². The molecule has 18 nitrogen and oxygen atoms in total. The third kappa shape index (κ3) is 7.44. The van der Waals surface area contributed by atoms with Crippen LogP contribution in [0.15, 0.2) is 15.8 Å². The molecule has 2 saturated heterocycles. The van der Waals surface area contributed by atoms with E-state index >= 15 is 0 Å². The Morgan fingerprint density at radius 3 is 2.50 bits per heavy atom. The van der Waals surface area contributed by atoms with Gasteiger partial charge in [-0.1, -0.05) is 0 Å². The minimum Gasteiger partial charge on any atom is -0.756 e. The second kappa shape index (κ2) is 11.8. The van der Waals surface area contributed by atoms with Crippen LogP contribution in [0.4, 0.5) is 0 Å². The molecule has 1 amide bonds. The lowest BCUT2D eigenvalue weighted by Crippen LogP contribution is -2.62. The van der Waals surface area contributed by atoms with E-state index in [1.54, 1.807) is 0 Å². The maximum atomic E-state index is 12.2. The van der Waals surface area contributed by atoms with E-state index in [0.29, 0.717) is 0 Å².